The van der Waals surface area contributed by atoms with Gasteiger partial charge in [-0.05, 0) is 60.7 Å². The Morgan fingerprint density at radius 3 is 2.28 bits per heavy atom. The molecule has 1 amide bonds. The maximum atomic E-state index is 13.1. The molecule has 2 aromatic rings. The van der Waals surface area contributed by atoms with Crippen LogP contribution >= 0.6 is 11.6 Å². The summed E-state index contributed by atoms with van der Waals surface area (Å²) in [4.78, 5) is 17.6. The van der Waals surface area contributed by atoms with Crippen molar-refractivity contribution in [3.8, 4) is 5.75 Å². The summed E-state index contributed by atoms with van der Waals surface area (Å²) in [7, 11) is 1.66. The monoisotopic (exact) mass is 414 g/mol. The molecule has 0 unspecified atom stereocenters. The number of methoxy groups -OCH3 is 1. The van der Waals surface area contributed by atoms with Crippen molar-refractivity contribution in [1.82, 2.24) is 4.90 Å². The van der Waals surface area contributed by atoms with Crippen LogP contribution in [0.15, 0.2) is 48.5 Å². The first-order valence-electron chi connectivity index (χ1n) is 10.4. The normalized spacial score (nSPS) is 15.5. The molecule has 5 heteroatoms. The van der Waals surface area contributed by atoms with Gasteiger partial charge in [-0.1, -0.05) is 37.6 Å². The van der Waals surface area contributed by atoms with E-state index in [0.717, 1.165) is 48.9 Å². The second-order valence-corrected chi connectivity index (χ2v) is 8.63. The van der Waals surface area contributed by atoms with Crippen molar-refractivity contribution in [3.05, 3.63) is 59.1 Å². The molecule has 1 aliphatic rings. The van der Waals surface area contributed by atoms with Crippen molar-refractivity contribution in [3.63, 3.8) is 0 Å². The predicted octanol–water partition coefficient (Wildman–Crippen LogP) is 5.39. The summed E-state index contributed by atoms with van der Waals surface area (Å²) in [6, 6.07) is 16.2. The van der Waals surface area contributed by atoms with E-state index >= 15 is 0 Å². The zero-order chi connectivity index (χ0) is 20.8. The van der Waals surface area contributed by atoms with Crippen LogP contribution < -0.4 is 9.64 Å². The Hall–Kier alpha value is -2.04. The Kier molecular flexibility index (Phi) is 7.57. The van der Waals surface area contributed by atoms with Crippen molar-refractivity contribution in [2.45, 2.75) is 45.7 Å². The molecule has 1 aliphatic heterocycles. The van der Waals surface area contributed by atoms with Gasteiger partial charge in [0.05, 0.1) is 7.11 Å². The van der Waals surface area contributed by atoms with Crippen molar-refractivity contribution in [2.75, 3.05) is 25.1 Å². The van der Waals surface area contributed by atoms with Crippen molar-refractivity contribution < 1.29 is 9.53 Å². The van der Waals surface area contributed by atoms with Crippen molar-refractivity contribution in [2.24, 2.45) is 5.92 Å². The Balaban J connectivity index is 1.68. The molecule has 0 radical (unpaired) electrons. The van der Waals surface area contributed by atoms with Crippen molar-refractivity contribution >= 4 is 23.2 Å². The summed E-state index contributed by atoms with van der Waals surface area (Å²) in [5.74, 6) is 1.36. The number of nitrogens with zero attached hydrogens (tertiary/aromatic N) is 2. The molecular weight excluding hydrogens is 384 g/mol. The van der Waals surface area contributed by atoms with Gasteiger partial charge in [-0.3, -0.25) is 9.69 Å². The number of rotatable bonds is 7. The van der Waals surface area contributed by atoms with Crippen LogP contribution in [-0.4, -0.2) is 37.0 Å². The lowest BCUT2D eigenvalue weighted by Gasteiger charge is -2.39. The number of amides is 1. The Labute approximate surface area is 179 Å². The molecule has 0 aromatic heterocycles. The molecule has 1 heterocycles. The third-order valence-corrected chi connectivity index (χ3v) is 5.70. The summed E-state index contributed by atoms with van der Waals surface area (Å²) >= 11 is 5.99. The highest BCUT2D eigenvalue weighted by molar-refractivity contribution is 6.30. The lowest BCUT2D eigenvalue weighted by Crippen LogP contribution is -2.47. The average Bonchev–Trinajstić information content (AvgIpc) is 2.71. The molecule has 0 saturated carbocycles. The van der Waals surface area contributed by atoms with E-state index < -0.39 is 0 Å². The summed E-state index contributed by atoms with van der Waals surface area (Å²) in [5, 5.41) is 0.770. The number of halogens is 1. The van der Waals surface area contributed by atoms with Crippen LogP contribution in [0.25, 0.3) is 0 Å². The van der Waals surface area contributed by atoms with Gasteiger partial charge >= 0.3 is 0 Å². The molecule has 0 aliphatic carbocycles. The van der Waals surface area contributed by atoms with Crippen LogP contribution in [0.5, 0.6) is 5.75 Å². The van der Waals surface area contributed by atoms with Crippen LogP contribution in [-0.2, 0) is 11.3 Å². The third kappa shape index (κ3) is 5.97. The topological polar surface area (TPSA) is 32.8 Å². The molecule has 0 atom stereocenters. The first-order valence-corrected chi connectivity index (χ1v) is 10.8. The van der Waals surface area contributed by atoms with Crippen molar-refractivity contribution in [1.29, 1.82) is 0 Å². The van der Waals surface area contributed by atoms with Gasteiger partial charge in [-0.25, -0.2) is 0 Å². The number of anilines is 1. The highest BCUT2D eigenvalue weighted by atomic mass is 35.5. The number of carbonyl (C=O) groups is 1. The standard InChI is InChI=1S/C24H31ClN2O2/c1-18(2)16-24(28)27(21-8-10-23(29-3)11-9-21)22-12-14-26(15-13-22)17-19-4-6-20(25)7-5-19/h4-11,18,22H,12-17H2,1-3H3. The molecule has 156 valence electrons. The van der Waals surface area contributed by atoms with Gasteiger partial charge in [0.1, 0.15) is 5.75 Å². The van der Waals surface area contributed by atoms with Gasteiger partial charge in [0, 0.05) is 42.8 Å². The summed E-state index contributed by atoms with van der Waals surface area (Å²) in [6.07, 6.45) is 2.52. The second-order valence-electron chi connectivity index (χ2n) is 8.19. The minimum absolute atomic E-state index is 0.210. The SMILES string of the molecule is COc1ccc(N(C(=O)CC(C)C)C2CCN(Cc3ccc(Cl)cc3)CC2)cc1. The first kappa shape index (κ1) is 21.7. The van der Waals surface area contributed by atoms with Crippen LogP contribution in [0.3, 0.4) is 0 Å². The molecule has 1 fully saturated rings. The third-order valence-electron chi connectivity index (χ3n) is 5.44. The molecule has 4 nitrogen and oxygen atoms in total. The zero-order valence-corrected chi connectivity index (χ0v) is 18.4. The number of likely N-dealkylation sites (tertiary alicyclic amines) is 1. The number of carbonyl (C=O) groups excluding carboxylic acids is 1. The predicted molar refractivity (Wildman–Crippen MR) is 120 cm³/mol. The molecule has 1 saturated heterocycles. The lowest BCUT2D eigenvalue weighted by atomic mass is 9.99. The molecular formula is C24H31ClN2O2. The molecule has 0 spiro atoms. The van der Waals surface area contributed by atoms with E-state index in [1.165, 1.54) is 5.56 Å². The Bertz CT molecular complexity index is 782. The molecule has 0 N–H and O–H groups in total. The zero-order valence-electron chi connectivity index (χ0n) is 17.6. The van der Waals surface area contributed by atoms with Gasteiger partial charge in [-0.15, -0.1) is 0 Å². The number of ether oxygens (including phenoxy) is 1. The van der Waals surface area contributed by atoms with E-state index in [2.05, 4.69) is 30.9 Å². The number of benzene rings is 2. The van der Waals surface area contributed by atoms with E-state index in [-0.39, 0.29) is 11.9 Å². The molecule has 3 rings (SSSR count). The lowest BCUT2D eigenvalue weighted by molar-refractivity contribution is -0.120. The quantitative estimate of drug-likeness (QED) is 0.608. The summed E-state index contributed by atoms with van der Waals surface area (Å²) in [5.41, 5.74) is 2.24. The Morgan fingerprint density at radius 1 is 1.10 bits per heavy atom. The fraction of sp³-hybridized carbons (Fsp3) is 0.458. The highest BCUT2D eigenvalue weighted by Gasteiger charge is 2.29. The fourth-order valence-electron chi connectivity index (χ4n) is 3.93. The smallest absolute Gasteiger partial charge is 0.227 e. The summed E-state index contributed by atoms with van der Waals surface area (Å²) in [6.45, 7) is 7.08. The van der Waals surface area contributed by atoms with Crippen LogP contribution in [0.1, 0.15) is 38.7 Å². The van der Waals surface area contributed by atoms with E-state index in [1.807, 2.05) is 41.3 Å². The number of hydrogen-bond donors (Lipinski definition) is 0. The minimum atomic E-state index is 0.210. The summed E-state index contributed by atoms with van der Waals surface area (Å²) < 4.78 is 5.28. The van der Waals surface area contributed by atoms with Gasteiger partial charge in [0.2, 0.25) is 5.91 Å². The minimum Gasteiger partial charge on any atom is -0.497 e. The highest BCUT2D eigenvalue weighted by Crippen LogP contribution is 2.28. The second kappa shape index (κ2) is 10.1. The molecule has 0 bridgehead atoms. The van der Waals surface area contributed by atoms with Crippen LogP contribution in [0.2, 0.25) is 5.02 Å². The van der Waals surface area contributed by atoms with E-state index in [0.29, 0.717) is 12.3 Å². The van der Waals surface area contributed by atoms with Gasteiger partial charge in [0.15, 0.2) is 0 Å². The van der Waals surface area contributed by atoms with Gasteiger partial charge in [0.25, 0.3) is 0 Å². The largest absolute Gasteiger partial charge is 0.497 e. The number of piperidine rings is 1. The fourth-order valence-corrected chi connectivity index (χ4v) is 4.06. The number of hydrogen-bond acceptors (Lipinski definition) is 3. The maximum absolute atomic E-state index is 13.1. The van der Waals surface area contributed by atoms with E-state index in [1.54, 1.807) is 7.11 Å². The van der Waals surface area contributed by atoms with E-state index in [4.69, 9.17) is 16.3 Å². The van der Waals surface area contributed by atoms with E-state index in [9.17, 15) is 4.79 Å². The molecule has 29 heavy (non-hydrogen) atoms. The van der Waals surface area contributed by atoms with Crippen LogP contribution in [0, 0.1) is 5.92 Å². The maximum Gasteiger partial charge on any atom is 0.227 e. The van der Waals surface area contributed by atoms with Gasteiger partial charge in [-0.2, -0.15) is 0 Å². The van der Waals surface area contributed by atoms with Gasteiger partial charge < -0.3 is 9.64 Å². The average molecular weight is 415 g/mol. The molecule has 2 aromatic carbocycles. The first-order chi connectivity index (χ1) is 14.0. The Morgan fingerprint density at radius 2 is 1.72 bits per heavy atom. The van der Waals surface area contributed by atoms with Crippen LogP contribution in [0.4, 0.5) is 5.69 Å².